The number of methoxy groups -OCH3 is 5. The monoisotopic (exact) mass is 436 g/mol. The summed E-state index contributed by atoms with van der Waals surface area (Å²) in [7, 11) is 8.15. The van der Waals surface area contributed by atoms with Gasteiger partial charge in [0.05, 0.1) is 41.3 Å². The summed E-state index contributed by atoms with van der Waals surface area (Å²) < 4.78 is 27.6. The Bertz CT molecular complexity index is 1100. The first-order valence-corrected chi connectivity index (χ1v) is 10.4. The van der Waals surface area contributed by atoms with E-state index in [2.05, 4.69) is 0 Å². The molecule has 0 aliphatic heterocycles. The fourth-order valence-electron chi connectivity index (χ4n) is 4.40. The highest BCUT2D eigenvalue weighted by molar-refractivity contribution is 5.94. The van der Waals surface area contributed by atoms with Crippen molar-refractivity contribution in [2.75, 3.05) is 35.5 Å². The minimum absolute atomic E-state index is 0.627. The Balaban J connectivity index is 2.02. The van der Waals surface area contributed by atoms with Crippen LogP contribution in [0.2, 0.25) is 0 Å². The summed E-state index contributed by atoms with van der Waals surface area (Å²) in [5.74, 6) is 3.52. The van der Waals surface area contributed by atoms with Crippen LogP contribution in [0.25, 0.3) is 5.57 Å². The first kappa shape index (κ1) is 21.8. The lowest BCUT2D eigenvalue weighted by atomic mass is 9.89. The van der Waals surface area contributed by atoms with E-state index in [0.717, 1.165) is 52.0 Å². The molecule has 6 heteroatoms. The Morgan fingerprint density at radius 3 is 1.91 bits per heavy atom. The summed E-state index contributed by atoms with van der Waals surface area (Å²) in [6.07, 6.45) is 4.68. The van der Waals surface area contributed by atoms with E-state index >= 15 is 0 Å². The van der Waals surface area contributed by atoms with Crippen molar-refractivity contribution >= 4 is 5.57 Å². The molecule has 0 saturated carbocycles. The molecule has 1 N–H and O–H groups in total. The van der Waals surface area contributed by atoms with Gasteiger partial charge in [-0.1, -0.05) is 6.08 Å². The van der Waals surface area contributed by atoms with Gasteiger partial charge >= 0.3 is 0 Å². The Labute approximate surface area is 188 Å². The highest BCUT2D eigenvalue weighted by Crippen LogP contribution is 2.53. The molecule has 0 spiro atoms. The Morgan fingerprint density at radius 1 is 0.719 bits per heavy atom. The maximum atomic E-state index is 11.5. The summed E-state index contributed by atoms with van der Waals surface area (Å²) in [6.45, 7) is 0. The van der Waals surface area contributed by atoms with Crippen molar-refractivity contribution in [3.8, 4) is 23.0 Å². The van der Waals surface area contributed by atoms with Gasteiger partial charge in [0, 0.05) is 29.7 Å². The highest BCUT2D eigenvalue weighted by Gasteiger charge is 2.36. The van der Waals surface area contributed by atoms with Crippen LogP contribution in [-0.4, -0.2) is 40.7 Å². The largest absolute Gasteiger partial charge is 0.501 e. The maximum Gasteiger partial charge on any atom is 0.130 e. The summed E-state index contributed by atoms with van der Waals surface area (Å²) in [5.41, 5.74) is 5.24. The zero-order chi connectivity index (χ0) is 22.8. The van der Waals surface area contributed by atoms with Gasteiger partial charge in [0.15, 0.2) is 0 Å². The molecule has 32 heavy (non-hydrogen) atoms. The van der Waals surface area contributed by atoms with Gasteiger partial charge in [-0.2, -0.15) is 0 Å². The number of ether oxygens (including phenoxy) is 5. The van der Waals surface area contributed by atoms with Crippen LogP contribution >= 0.6 is 0 Å². The lowest BCUT2D eigenvalue weighted by molar-refractivity contribution is 0.219. The third kappa shape index (κ3) is 3.71. The molecule has 0 saturated heterocycles. The predicted octanol–water partition coefficient (Wildman–Crippen LogP) is 4.82. The number of aliphatic hydroxyl groups excluding tert-OH is 1. The van der Waals surface area contributed by atoms with Crippen molar-refractivity contribution in [3.05, 3.63) is 76.1 Å². The molecule has 0 radical (unpaired) electrons. The van der Waals surface area contributed by atoms with Gasteiger partial charge in [0.2, 0.25) is 0 Å². The van der Waals surface area contributed by atoms with Gasteiger partial charge in [-0.15, -0.1) is 0 Å². The van der Waals surface area contributed by atoms with Crippen LogP contribution in [0.5, 0.6) is 23.0 Å². The van der Waals surface area contributed by atoms with Gasteiger partial charge in [-0.25, -0.2) is 0 Å². The molecule has 0 aromatic heterocycles. The van der Waals surface area contributed by atoms with Crippen molar-refractivity contribution in [3.63, 3.8) is 0 Å². The molecule has 2 aromatic rings. The Morgan fingerprint density at radius 2 is 1.38 bits per heavy atom. The molecule has 168 valence electrons. The average Bonchev–Trinajstić information content (AvgIpc) is 3.15. The van der Waals surface area contributed by atoms with Crippen molar-refractivity contribution in [2.45, 2.75) is 18.9 Å². The lowest BCUT2D eigenvalue weighted by Gasteiger charge is -2.20. The SMILES string of the molecule is COC1=CC=C(C2=C(c3cc(OC)cc(OC)c3)c3c(OC)cc(OC)cc3C2O)CC1. The second-order valence-corrected chi connectivity index (χ2v) is 7.62. The van der Waals surface area contributed by atoms with E-state index in [9.17, 15) is 5.11 Å². The zero-order valence-corrected chi connectivity index (χ0v) is 19.0. The van der Waals surface area contributed by atoms with E-state index in [1.165, 1.54) is 0 Å². The van der Waals surface area contributed by atoms with Gasteiger partial charge in [0.1, 0.15) is 29.1 Å². The van der Waals surface area contributed by atoms with Crippen LogP contribution in [0.3, 0.4) is 0 Å². The number of hydrogen-bond acceptors (Lipinski definition) is 6. The van der Waals surface area contributed by atoms with Gasteiger partial charge < -0.3 is 28.8 Å². The first-order valence-electron chi connectivity index (χ1n) is 10.4. The van der Waals surface area contributed by atoms with Gasteiger partial charge in [-0.05, 0) is 53.0 Å². The molecule has 2 aromatic carbocycles. The molecular formula is C26H28O6. The van der Waals surface area contributed by atoms with E-state index in [1.807, 2.05) is 42.5 Å². The van der Waals surface area contributed by atoms with Crippen molar-refractivity contribution < 1.29 is 28.8 Å². The highest BCUT2D eigenvalue weighted by atomic mass is 16.5. The number of allylic oxidation sites excluding steroid dienone is 3. The van der Waals surface area contributed by atoms with E-state index < -0.39 is 6.10 Å². The molecule has 1 atom stereocenters. The van der Waals surface area contributed by atoms with Crippen molar-refractivity contribution in [1.82, 2.24) is 0 Å². The topological polar surface area (TPSA) is 66.4 Å². The number of benzene rings is 2. The first-order chi connectivity index (χ1) is 15.5. The molecule has 0 heterocycles. The minimum atomic E-state index is -0.829. The fourth-order valence-corrected chi connectivity index (χ4v) is 4.40. The second kappa shape index (κ2) is 9.01. The molecule has 2 aliphatic carbocycles. The van der Waals surface area contributed by atoms with Crippen LogP contribution in [0.1, 0.15) is 35.6 Å². The van der Waals surface area contributed by atoms with Gasteiger partial charge in [0.25, 0.3) is 0 Å². The Hall–Kier alpha value is -3.38. The van der Waals surface area contributed by atoms with Crippen molar-refractivity contribution in [2.24, 2.45) is 0 Å². The predicted molar refractivity (Wildman–Crippen MR) is 122 cm³/mol. The standard InChI is InChI=1S/C26H28O6/c1-28-17-8-6-15(7-9-17)24-23(16-10-18(29-2)12-19(11-16)30-3)25-21(26(24)27)13-20(31-4)14-22(25)32-5/h6,8,10-14,26-27H,7,9H2,1-5H3. The molecule has 0 bridgehead atoms. The summed E-state index contributed by atoms with van der Waals surface area (Å²) >= 11 is 0. The molecule has 6 nitrogen and oxygen atoms in total. The molecule has 2 aliphatic rings. The number of aliphatic hydroxyl groups is 1. The third-order valence-electron chi connectivity index (χ3n) is 6.01. The smallest absolute Gasteiger partial charge is 0.130 e. The van der Waals surface area contributed by atoms with Crippen LogP contribution < -0.4 is 18.9 Å². The Kier molecular flexibility index (Phi) is 6.15. The summed E-state index contributed by atoms with van der Waals surface area (Å²) in [4.78, 5) is 0. The molecule has 0 amide bonds. The second-order valence-electron chi connectivity index (χ2n) is 7.62. The third-order valence-corrected chi connectivity index (χ3v) is 6.01. The van der Waals surface area contributed by atoms with Crippen LogP contribution in [0, 0.1) is 0 Å². The molecule has 1 unspecified atom stereocenters. The normalized spacial score (nSPS) is 17.4. The number of rotatable bonds is 7. The van der Waals surface area contributed by atoms with Crippen molar-refractivity contribution in [1.29, 1.82) is 0 Å². The van der Waals surface area contributed by atoms with Crippen LogP contribution in [0.15, 0.2) is 59.4 Å². The van der Waals surface area contributed by atoms with E-state index in [0.29, 0.717) is 23.0 Å². The van der Waals surface area contributed by atoms with E-state index in [4.69, 9.17) is 23.7 Å². The summed E-state index contributed by atoms with van der Waals surface area (Å²) in [6, 6.07) is 9.43. The summed E-state index contributed by atoms with van der Waals surface area (Å²) in [5, 5.41) is 11.5. The molecule has 4 rings (SSSR count). The van der Waals surface area contributed by atoms with Gasteiger partial charge in [-0.3, -0.25) is 0 Å². The van der Waals surface area contributed by atoms with Crippen LogP contribution in [-0.2, 0) is 4.74 Å². The number of hydrogen-bond donors (Lipinski definition) is 1. The average molecular weight is 437 g/mol. The fraction of sp³-hybridized carbons (Fsp3) is 0.308. The number of fused-ring (bicyclic) bond motifs is 1. The van der Waals surface area contributed by atoms with Crippen LogP contribution in [0.4, 0.5) is 0 Å². The quantitative estimate of drug-likeness (QED) is 0.671. The minimum Gasteiger partial charge on any atom is -0.501 e. The lowest BCUT2D eigenvalue weighted by Crippen LogP contribution is -2.04. The zero-order valence-electron chi connectivity index (χ0n) is 19.0. The molecule has 0 fully saturated rings. The molecular weight excluding hydrogens is 408 g/mol. The maximum absolute atomic E-state index is 11.5. The van der Waals surface area contributed by atoms with E-state index in [-0.39, 0.29) is 0 Å². The van der Waals surface area contributed by atoms with E-state index in [1.54, 1.807) is 35.5 Å².